The molecule has 9 nitrogen and oxygen atoms in total. The van der Waals surface area contributed by atoms with Gasteiger partial charge in [0.2, 0.25) is 5.91 Å². The first kappa shape index (κ1) is 23.9. The van der Waals surface area contributed by atoms with Crippen molar-refractivity contribution in [1.82, 2.24) is 24.8 Å². The van der Waals surface area contributed by atoms with E-state index in [4.69, 9.17) is 4.74 Å². The number of carbonyl (C=O) groups excluding carboxylic acids is 2. The third-order valence-corrected chi connectivity index (χ3v) is 6.71. The Balaban J connectivity index is 1.46. The van der Waals surface area contributed by atoms with E-state index in [0.717, 1.165) is 11.3 Å². The summed E-state index contributed by atoms with van der Waals surface area (Å²) >= 11 is 1.23. The molecule has 0 aliphatic carbocycles. The summed E-state index contributed by atoms with van der Waals surface area (Å²) in [5, 5.41) is 3.51. The van der Waals surface area contributed by atoms with E-state index in [1.54, 1.807) is 16.4 Å². The Morgan fingerprint density at radius 1 is 1.21 bits per heavy atom. The number of thioether (sulfide) groups is 1. The fourth-order valence-corrected chi connectivity index (χ4v) is 4.84. The zero-order chi connectivity index (χ0) is 24.2. The third kappa shape index (κ3) is 5.27. The molecular formula is C24H29N5O4S. The molecule has 1 saturated heterocycles. The summed E-state index contributed by atoms with van der Waals surface area (Å²) in [5.41, 5.74) is 3.47. The summed E-state index contributed by atoms with van der Waals surface area (Å²) in [7, 11) is 0. The Morgan fingerprint density at radius 3 is 2.59 bits per heavy atom. The molecular weight excluding hydrogens is 454 g/mol. The highest BCUT2D eigenvalue weighted by Crippen LogP contribution is 2.22. The number of rotatable bonds is 6. The highest BCUT2D eigenvalue weighted by atomic mass is 32.2. The van der Waals surface area contributed by atoms with E-state index in [1.165, 1.54) is 11.8 Å². The number of hydrogen-bond donors (Lipinski definition) is 2. The van der Waals surface area contributed by atoms with E-state index in [1.807, 2.05) is 44.2 Å². The van der Waals surface area contributed by atoms with Gasteiger partial charge in [0.15, 0.2) is 5.16 Å². The summed E-state index contributed by atoms with van der Waals surface area (Å²) in [6.07, 6.45) is 1.05. The van der Waals surface area contributed by atoms with Crippen LogP contribution < -0.4 is 10.9 Å². The predicted molar refractivity (Wildman–Crippen MR) is 132 cm³/mol. The fourth-order valence-electron chi connectivity index (χ4n) is 4.02. The maximum atomic E-state index is 13.3. The number of amides is 2. The molecule has 0 spiro atoms. The minimum absolute atomic E-state index is 0.000769. The topological polar surface area (TPSA) is 109 Å². The van der Waals surface area contributed by atoms with Crippen LogP contribution in [-0.4, -0.2) is 62.9 Å². The Labute approximate surface area is 201 Å². The number of hydrogen-bond acceptors (Lipinski definition) is 6. The van der Waals surface area contributed by atoms with Gasteiger partial charge in [-0.25, -0.2) is 9.78 Å². The zero-order valence-corrected chi connectivity index (χ0v) is 20.4. The van der Waals surface area contributed by atoms with E-state index in [-0.39, 0.29) is 29.4 Å². The standard InChI is InChI=1S/C24H29N5O4S/c1-4-33-24(32)28-11-9-17(10-12-28)26-20(30)14-34-23-27-19-13-16(3)25-21(19)22(31)29(23)18-7-5-15(2)6-8-18/h5-8,13,17,25H,4,9-12,14H2,1-3H3,(H,26,30). The molecule has 0 bridgehead atoms. The third-order valence-electron chi connectivity index (χ3n) is 5.77. The van der Waals surface area contributed by atoms with Crippen LogP contribution in [0.15, 0.2) is 40.3 Å². The molecule has 3 aromatic rings. The molecule has 3 heterocycles. The van der Waals surface area contributed by atoms with Gasteiger partial charge in [0.25, 0.3) is 5.56 Å². The molecule has 4 rings (SSSR count). The molecule has 2 aromatic heterocycles. The number of H-pyrrole nitrogens is 1. The van der Waals surface area contributed by atoms with E-state index < -0.39 is 0 Å². The van der Waals surface area contributed by atoms with Gasteiger partial charge in [-0.1, -0.05) is 29.5 Å². The van der Waals surface area contributed by atoms with Crippen molar-refractivity contribution in [2.24, 2.45) is 0 Å². The average Bonchev–Trinajstić information content (AvgIpc) is 3.20. The molecule has 0 unspecified atom stereocenters. The molecule has 10 heteroatoms. The van der Waals surface area contributed by atoms with Crippen LogP contribution in [-0.2, 0) is 9.53 Å². The van der Waals surface area contributed by atoms with Gasteiger partial charge in [0, 0.05) is 24.8 Å². The molecule has 180 valence electrons. The lowest BCUT2D eigenvalue weighted by atomic mass is 10.1. The smallest absolute Gasteiger partial charge is 0.409 e. The van der Waals surface area contributed by atoms with Gasteiger partial charge in [-0.2, -0.15) is 0 Å². The maximum absolute atomic E-state index is 13.3. The molecule has 2 N–H and O–H groups in total. The number of aromatic nitrogens is 3. The number of likely N-dealkylation sites (tertiary alicyclic amines) is 1. The van der Waals surface area contributed by atoms with Crippen LogP contribution in [0.5, 0.6) is 0 Å². The van der Waals surface area contributed by atoms with Crippen molar-refractivity contribution in [2.75, 3.05) is 25.4 Å². The van der Waals surface area contributed by atoms with Crippen molar-refractivity contribution in [3.8, 4) is 5.69 Å². The highest BCUT2D eigenvalue weighted by Gasteiger charge is 2.25. The second-order valence-electron chi connectivity index (χ2n) is 8.40. The monoisotopic (exact) mass is 483 g/mol. The van der Waals surface area contributed by atoms with Crippen molar-refractivity contribution >= 4 is 34.8 Å². The lowest BCUT2D eigenvalue weighted by Crippen LogP contribution is -2.47. The number of ether oxygens (including phenoxy) is 1. The van der Waals surface area contributed by atoms with Gasteiger partial charge in [0.05, 0.1) is 23.6 Å². The number of aromatic amines is 1. The van der Waals surface area contributed by atoms with Gasteiger partial charge >= 0.3 is 6.09 Å². The first-order valence-corrected chi connectivity index (χ1v) is 12.4. The molecule has 1 aromatic carbocycles. The summed E-state index contributed by atoms with van der Waals surface area (Å²) in [6, 6.07) is 9.47. The molecule has 2 amide bonds. The molecule has 0 radical (unpaired) electrons. The number of benzene rings is 1. The molecule has 0 atom stereocenters. The van der Waals surface area contributed by atoms with Crippen molar-refractivity contribution in [2.45, 2.75) is 44.8 Å². The van der Waals surface area contributed by atoms with Crippen LogP contribution in [0.25, 0.3) is 16.7 Å². The summed E-state index contributed by atoms with van der Waals surface area (Å²) in [4.78, 5) is 47.3. The molecule has 1 aliphatic rings. The number of carbonyl (C=O) groups is 2. The van der Waals surface area contributed by atoms with Gasteiger partial charge in [-0.05, 0) is 51.8 Å². The van der Waals surface area contributed by atoms with E-state index >= 15 is 0 Å². The van der Waals surface area contributed by atoms with Crippen LogP contribution in [0.3, 0.4) is 0 Å². The van der Waals surface area contributed by atoms with Gasteiger partial charge in [0.1, 0.15) is 5.52 Å². The normalized spacial score (nSPS) is 14.4. The maximum Gasteiger partial charge on any atom is 0.409 e. The van der Waals surface area contributed by atoms with E-state index in [0.29, 0.717) is 54.4 Å². The van der Waals surface area contributed by atoms with Crippen LogP contribution in [0.1, 0.15) is 31.0 Å². The predicted octanol–water partition coefficient (Wildman–Crippen LogP) is 3.16. The largest absolute Gasteiger partial charge is 0.450 e. The van der Waals surface area contributed by atoms with Crippen LogP contribution in [0.2, 0.25) is 0 Å². The van der Waals surface area contributed by atoms with Crippen molar-refractivity contribution in [3.05, 3.63) is 51.9 Å². The van der Waals surface area contributed by atoms with Crippen molar-refractivity contribution < 1.29 is 14.3 Å². The summed E-state index contributed by atoms with van der Waals surface area (Å²) < 4.78 is 6.59. The molecule has 0 saturated carbocycles. The molecule has 1 fully saturated rings. The number of nitrogens with zero attached hydrogens (tertiary/aromatic N) is 3. The van der Waals surface area contributed by atoms with Gasteiger partial charge in [-0.3, -0.25) is 14.2 Å². The number of fused-ring (bicyclic) bond motifs is 1. The number of piperidine rings is 1. The van der Waals surface area contributed by atoms with E-state index in [9.17, 15) is 14.4 Å². The fraction of sp³-hybridized carbons (Fsp3) is 0.417. The lowest BCUT2D eigenvalue weighted by Gasteiger charge is -2.31. The summed E-state index contributed by atoms with van der Waals surface area (Å²) in [5.74, 6) is 0.000295. The Morgan fingerprint density at radius 2 is 1.91 bits per heavy atom. The quantitative estimate of drug-likeness (QED) is 0.412. The average molecular weight is 484 g/mol. The van der Waals surface area contributed by atoms with Crippen molar-refractivity contribution in [3.63, 3.8) is 0 Å². The number of aryl methyl sites for hydroxylation is 2. The minimum Gasteiger partial charge on any atom is -0.450 e. The first-order chi connectivity index (χ1) is 16.4. The second-order valence-corrected chi connectivity index (χ2v) is 9.34. The number of nitrogens with one attached hydrogen (secondary N) is 2. The van der Waals surface area contributed by atoms with Gasteiger partial charge < -0.3 is 19.9 Å². The SMILES string of the molecule is CCOC(=O)N1CCC(NC(=O)CSc2nc3cc(C)[nH]c3c(=O)n2-c2ccc(C)cc2)CC1. The van der Waals surface area contributed by atoms with Crippen molar-refractivity contribution in [1.29, 1.82) is 0 Å². The molecule has 1 aliphatic heterocycles. The van der Waals surface area contributed by atoms with Crippen LogP contribution in [0, 0.1) is 13.8 Å². The Kier molecular flexibility index (Phi) is 7.26. The van der Waals surface area contributed by atoms with Crippen LogP contribution in [0.4, 0.5) is 4.79 Å². The van der Waals surface area contributed by atoms with Crippen LogP contribution >= 0.6 is 11.8 Å². The first-order valence-electron chi connectivity index (χ1n) is 11.4. The zero-order valence-electron chi connectivity index (χ0n) is 19.6. The Hall–Kier alpha value is -3.27. The minimum atomic E-state index is -0.307. The Bertz CT molecular complexity index is 1240. The summed E-state index contributed by atoms with van der Waals surface area (Å²) in [6.45, 7) is 7.10. The lowest BCUT2D eigenvalue weighted by molar-refractivity contribution is -0.119. The van der Waals surface area contributed by atoms with Gasteiger partial charge in [-0.15, -0.1) is 0 Å². The highest BCUT2D eigenvalue weighted by molar-refractivity contribution is 7.99. The van der Waals surface area contributed by atoms with E-state index in [2.05, 4.69) is 15.3 Å². The molecule has 34 heavy (non-hydrogen) atoms. The second kappa shape index (κ2) is 10.3.